The second-order valence-electron chi connectivity index (χ2n) is 8.69. The number of amidine groups is 1. The van der Waals surface area contributed by atoms with Gasteiger partial charge in [0.2, 0.25) is 11.8 Å². The van der Waals surface area contributed by atoms with Crippen molar-refractivity contribution >= 4 is 40.1 Å². The van der Waals surface area contributed by atoms with E-state index in [1.807, 2.05) is 26.0 Å². The number of hydrogen-bond donors (Lipinski definition) is 1. The predicted octanol–water partition coefficient (Wildman–Crippen LogP) is 4.46. The van der Waals surface area contributed by atoms with E-state index in [0.717, 1.165) is 29.7 Å². The van der Waals surface area contributed by atoms with Crippen LogP contribution >= 0.6 is 11.8 Å². The molecule has 0 radical (unpaired) electrons. The van der Waals surface area contributed by atoms with Crippen LogP contribution in [0.2, 0.25) is 0 Å². The fourth-order valence-corrected chi connectivity index (χ4v) is 5.35. The zero-order valence-electron chi connectivity index (χ0n) is 20.5. The fraction of sp³-hybridized carbons (Fsp3) is 0.423. The van der Waals surface area contributed by atoms with Gasteiger partial charge in [0.1, 0.15) is 16.7 Å². The molecule has 2 aromatic rings. The molecule has 2 heterocycles. The molecular formula is C26H31N3O5S. The first-order chi connectivity index (χ1) is 16.9. The van der Waals surface area contributed by atoms with Crippen LogP contribution in [0.1, 0.15) is 30.4 Å². The fourth-order valence-electron chi connectivity index (χ4n) is 4.19. The maximum atomic E-state index is 13.4. The van der Waals surface area contributed by atoms with Crippen molar-refractivity contribution in [1.29, 1.82) is 0 Å². The molecule has 2 fully saturated rings. The second-order valence-corrected chi connectivity index (χ2v) is 9.86. The lowest BCUT2D eigenvalue weighted by Crippen LogP contribution is -2.38. The van der Waals surface area contributed by atoms with Crippen LogP contribution < -0.4 is 14.8 Å². The van der Waals surface area contributed by atoms with Crippen molar-refractivity contribution in [3.8, 4) is 11.5 Å². The topological polar surface area (TPSA) is 89.5 Å². The first kappa shape index (κ1) is 25.1. The maximum Gasteiger partial charge on any atom is 0.242 e. The number of ether oxygens (including phenoxy) is 3. The number of aryl methyl sites for hydroxylation is 2. The third-order valence-corrected chi connectivity index (χ3v) is 7.23. The third kappa shape index (κ3) is 5.97. The molecule has 0 spiro atoms. The molecule has 35 heavy (non-hydrogen) atoms. The summed E-state index contributed by atoms with van der Waals surface area (Å²) in [4.78, 5) is 32.8. The number of carbonyl (C=O) groups is 2. The summed E-state index contributed by atoms with van der Waals surface area (Å²) in [5.74, 6) is 0.716. The highest BCUT2D eigenvalue weighted by Crippen LogP contribution is 2.35. The van der Waals surface area contributed by atoms with E-state index >= 15 is 0 Å². The number of methoxy groups -OCH3 is 2. The molecule has 2 aliphatic rings. The largest absolute Gasteiger partial charge is 0.497 e. The summed E-state index contributed by atoms with van der Waals surface area (Å²) in [6.45, 7) is 5.19. The summed E-state index contributed by atoms with van der Waals surface area (Å²) in [6, 6.07) is 11.2. The van der Waals surface area contributed by atoms with Crippen LogP contribution in [0.15, 0.2) is 41.4 Å². The third-order valence-electron chi connectivity index (χ3n) is 6.05. The van der Waals surface area contributed by atoms with Crippen molar-refractivity contribution < 1.29 is 23.8 Å². The molecule has 4 rings (SSSR count). The van der Waals surface area contributed by atoms with Crippen molar-refractivity contribution in [2.75, 3.05) is 32.7 Å². The molecule has 0 aromatic heterocycles. The van der Waals surface area contributed by atoms with Crippen LogP contribution in [0.4, 0.5) is 11.4 Å². The molecule has 0 saturated carbocycles. The second kappa shape index (κ2) is 11.1. The SMILES string of the molecule is COc1ccc(NC(=O)CC2SC(=Nc3ccc(C)cc3C)N(CC3CCCO3)C2=O)c(OC)c1. The highest BCUT2D eigenvalue weighted by atomic mass is 32.2. The van der Waals surface area contributed by atoms with Crippen molar-refractivity contribution in [1.82, 2.24) is 4.90 Å². The van der Waals surface area contributed by atoms with E-state index < -0.39 is 5.25 Å². The van der Waals surface area contributed by atoms with Crippen molar-refractivity contribution in [3.05, 3.63) is 47.5 Å². The van der Waals surface area contributed by atoms with E-state index in [-0.39, 0.29) is 24.3 Å². The number of benzene rings is 2. The Kier molecular flexibility index (Phi) is 7.97. The Hall–Kier alpha value is -3.04. The molecule has 186 valence electrons. The van der Waals surface area contributed by atoms with Gasteiger partial charge in [-0.1, -0.05) is 29.5 Å². The Morgan fingerprint density at radius 2 is 2.03 bits per heavy atom. The van der Waals surface area contributed by atoms with Crippen molar-refractivity contribution in [2.45, 2.75) is 44.5 Å². The number of amides is 2. The molecule has 0 bridgehead atoms. The molecule has 9 heteroatoms. The highest BCUT2D eigenvalue weighted by molar-refractivity contribution is 8.15. The minimum Gasteiger partial charge on any atom is -0.497 e. The Bertz CT molecular complexity index is 1130. The minimum absolute atomic E-state index is 0.0139. The Morgan fingerprint density at radius 1 is 1.20 bits per heavy atom. The number of nitrogens with zero attached hydrogens (tertiary/aromatic N) is 2. The standard InChI is InChI=1S/C26H31N3O5S/c1-16-7-9-20(17(2)12-16)28-26-29(15-19-6-5-11-34-19)25(31)23(35-26)14-24(30)27-21-10-8-18(32-3)13-22(21)33-4/h7-10,12-13,19,23H,5-6,11,14-15H2,1-4H3,(H,27,30). The zero-order chi connectivity index (χ0) is 24.9. The Balaban J connectivity index is 1.52. The van der Waals surface area contributed by atoms with Gasteiger partial charge in [0.25, 0.3) is 0 Å². The van der Waals surface area contributed by atoms with Crippen molar-refractivity contribution in [3.63, 3.8) is 0 Å². The van der Waals surface area contributed by atoms with E-state index in [2.05, 4.69) is 11.4 Å². The van der Waals surface area contributed by atoms with Crippen LogP contribution in [0.3, 0.4) is 0 Å². The summed E-state index contributed by atoms with van der Waals surface area (Å²) >= 11 is 1.33. The van der Waals surface area contributed by atoms with E-state index in [9.17, 15) is 9.59 Å². The Morgan fingerprint density at radius 3 is 2.71 bits per heavy atom. The van der Waals surface area contributed by atoms with Gasteiger partial charge in [0, 0.05) is 19.1 Å². The monoisotopic (exact) mass is 497 g/mol. The lowest BCUT2D eigenvalue weighted by atomic mass is 10.1. The first-order valence-electron chi connectivity index (χ1n) is 11.7. The van der Waals surface area contributed by atoms with Crippen LogP contribution in [0, 0.1) is 13.8 Å². The first-order valence-corrected chi connectivity index (χ1v) is 12.5. The van der Waals surface area contributed by atoms with E-state index in [1.165, 1.54) is 18.9 Å². The summed E-state index contributed by atoms with van der Waals surface area (Å²) in [6.07, 6.45) is 1.90. The predicted molar refractivity (Wildman–Crippen MR) is 138 cm³/mol. The zero-order valence-corrected chi connectivity index (χ0v) is 21.3. The number of hydrogen-bond acceptors (Lipinski definition) is 7. The average molecular weight is 498 g/mol. The lowest BCUT2D eigenvalue weighted by molar-refractivity contribution is -0.129. The molecule has 2 atom stereocenters. The Labute approximate surface area is 210 Å². The minimum atomic E-state index is -0.565. The van der Waals surface area contributed by atoms with Crippen LogP contribution in [0.5, 0.6) is 11.5 Å². The van der Waals surface area contributed by atoms with Gasteiger partial charge >= 0.3 is 0 Å². The average Bonchev–Trinajstić information content (AvgIpc) is 3.45. The number of thioether (sulfide) groups is 1. The van der Waals surface area contributed by atoms with Gasteiger partial charge in [0.05, 0.1) is 38.2 Å². The molecule has 2 aromatic carbocycles. The maximum absolute atomic E-state index is 13.4. The molecular weight excluding hydrogens is 466 g/mol. The summed E-state index contributed by atoms with van der Waals surface area (Å²) < 4.78 is 16.4. The van der Waals surface area contributed by atoms with E-state index in [1.54, 1.807) is 30.2 Å². The van der Waals surface area contributed by atoms with Gasteiger partial charge in [-0.05, 0) is 50.5 Å². The van der Waals surface area contributed by atoms with E-state index in [4.69, 9.17) is 19.2 Å². The van der Waals surface area contributed by atoms with Crippen molar-refractivity contribution in [2.24, 2.45) is 4.99 Å². The molecule has 2 unspecified atom stereocenters. The summed E-state index contributed by atoms with van der Waals surface area (Å²) in [5, 5.41) is 2.90. The van der Waals surface area contributed by atoms with Gasteiger partial charge < -0.3 is 19.5 Å². The van der Waals surface area contributed by atoms with Crippen LogP contribution in [-0.4, -0.2) is 60.6 Å². The molecule has 2 aliphatic heterocycles. The highest BCUT2D eigenvalue weighted by Gasteiger charge is 2.40. The molecule has 2 amide bonds. The van der Waals surface area contributed by atoms with Gasteiger partial charge in [-0.15, -0.1) is 0 Å². The number of rotatable bonds is 8. The number of aliphatic imine (C=N–C) groups is 1. The van der Waals surface area contributed by atoms with Gasteiger partial charge in [-0.25, -0.2) is 4.99 Å². The normalized spacial score (nSPS) is 21.0. The smallest absolute Gasteiger partial charge is 0.242 e. The number of carbonyl (C=O) groups excluding carboxylic acids is 2. The number of nitrogens with one attached hydrogen (secondary N) is 1. The molecule has 8 nitrogen and oxygen atoms in total. The summed E-state index contributed by atoms with van der Waals surface area (Å²) in [5.41, 5.74) is 3.53. The molecule has 1 N–H and O–H groups in total. The summed E-state index contributed by atoms with van der Waals surface area (Å²) in [7, 11) is 3.09. The van der Waals surface area contributed by atoms with Gasteiger partial charge in [-0.3, -0.25) is 14.5 Å². The lowest BCUT2D eigenvalue weighted by Gasteiger charge is -2.20. The van der Waals surface area contributed by atoms with Crippen LogP contribution in [0.25, 0.3) is 0 Å². The quantitative estimate of drug-likeness (QED) is 0.579. The molecule has 0 aliphatic carbocycles. The van der Waals surface area contributed by atoms with Gasteiger partial charge in [0.15, 0.2) is 5.17 Å². The number of anilines is 1. The molecule has 2 saturated heterocycles. The van der Waals surface area contributed by atoms with Crippen LogP contribution in [-0.2, 0) is 14.3 Å². The van der Waals surface area contributed by atoms with Gasteiger partial charge in [-0.2, -0.15) is 0 Å². The van der Waals surface area contributed by atoms with E-state index in [0.29, 0.717) is 35.5 Å².